The van der Waals surface area contributed by atoms with Gasteiger partial charge >= 0.3 is 5.97 Å². The first-order valence-electron chi connectivity index (χ1n) is 4.73. The van der Waals surface area contributed by atoms with E-state index >= 15 is 0 Å². The SMILES string of the molecule is CCC(=O)OCCc1ccc(Cl)c(Cl)c1. The Morgan fingerprint density at radius 3 is 2.67 bits per heavy atom. The highest BCUT2D eigenvalue weighted by molar-refractivity contribution is 6.42. The molecule has 1 aromatic rings. The maximum Gasteiger partial charge on any atom is 0.305 e. The predicted octanol–water partition coefficient (Wildman–Crippen LogP) is 3.49. The lowest BCUT2D eigenvalue weighted by molar-refractivity contribution is -0.143. The van der Waals surface area contributed by atoms with E-state index in [4.69, 9.17) is 27.9 Å². The highest BCUT2D eigenvalue weighted by Gasteiger charge is 2.01. The van der Waals surface area contributed by atoms with E-state index < -0.39 is 0 Å². The number of hydrogen-bond acceptors (Lipinski definition) is 2. The van der Waals surface area contributed by atoms with Crippen LogP contribution in [0.25, 0.3) is 0 Å². The van der Waals surface area contributed by atoms with Crippen molar-refractivity contribution in [3.63, 3.8) is 0 Å². The second kappa shape index (κ2) is 5.99. The zero-order chi connectivity index (χ0) is 11.3. The Morgan fingerprint density at radius 2 is 2.07 bits per heavy atom. The lowest BCUT2D eigenvalue weighted by Gasteiger charge is -2.04. The fraction of sp³-hybridized carbons (Fsp3) is 0.364. The number of ether oxygens (including phenoxy) is 1. The molecule has 0 unspecified atom stereocenters. The van der Waals surface area contributed by atoms with Crippen LogP contribution in [0.1, 0.15) is 18.9 Å². The molecule has 0 spiro atoms. The number of carbonyl (C=O) groups is 1. The lowest BCUT2D eigenvalue weighted by atomic mass is 10.2. The maximum absolute atomic E-state index is 10.9. The summed E-state index contributed by atoms with van der Waals surface area (Å²) in [5.41, 5.74) is 1.01. The Kier molecular flexibility index (Phi) is 4.92. The fourth-order valence-corrected chi connectivity index (χ4v) is 1.40. The van der Waals surface area contributed by atoms with Crippen LogP contribution >= 0.6 is 23.2 Å². The van der Waals surface area contributed by atoms with Gasteiger partial charge in [0.05, 0.1) is 16.7 Å². The van der Waals surface area contributed by atoms with Crippen molar-refractivity contribution in [3.8, 4) is 0 Å². The zero-order valence-electron chi connectivity index (χ0n) is 8.43. The molecule has 0 aromatic heterocycles. The molecule has 0 aliphatic carbocycles. The van der Waals surface area contributed by atoms with Gasteiger partial charge in [0.1, 0.15) is 0 Å². The number of carbonyl (C=O) groups excluding carboxylic acids is 1. The van der Waals surface area contributed by atoms with Crippen LogP contribution < -0.4 is 0 Å². The summed E-state index contributed by atoms with van der Waals surface area (Å²) in [6, 6.07) is 5.39. The van der Waals surface area contributed by atoms with E-state index in [9.17, 15) is 4.79 Å². The van der Waals surface area contributed by atoms with Crippen LogP contribution in [-0.4, -0.2) is 12.6 Å². The van der Waals surface area contributed by atoms with E-state index in [2.05, 4.69) is 0 Å². The molecule has 4 heteroatoms. The second-order valence-electron chi connectivity index (χ2n) is 3.07. The fourth-order valence-electron chi connectivity index (χ4n) is 1.08. The van der Waals surface area contributed by atoms with Gasteiger partial charge in [0.15, 0.2) is 0 Å². The average molecular weight is 247 g/mol. The molecule has 0 amide bonds. The van der Waals surface area contributed by atoms with Crippen LogP contribution in [0.4, 0.5) is 0 Å². The molecule has 0 N–H and O–H groups in total. The standard InChI is InChI=1S/C11H12Cl2O2/c1-2-11(14)15-6-5-8-3-4-9(12)10(13)7-8/h3-4,7H,2,5-6H2,1H3. The average Bonchev–Trinajstić information content (AvgIpc) is 2.23. The second-order valence-corrected chi connectivity index (χ2v) is 3.89. The third-order valence-corrected chi connectivity index (χ3v) is 2.67. The van der Waals surface area contributed by atoms with E-state index in [0.29, 0.717) is 29.5 Å². The summed E-state index contributed by atoms with van der Waals surface area (Å²) in [6.07, 6.45) is 1.06. The topological polar surface area (TPSA) is 26.3 Å². The first-order valence-corrected chi connectivity index (χ1v) is 5.48. The van der Waals surface area contributed by atoms with Crippen molar-refractivity contribution in [2.24, 2.45) is 0 Å². The van der Waals surface area contributed by atoms with Gasteiger partial charge in [-0.15, -0.1) is 0 Å². The van der Waals surface area contributed by atoms with Crippen LogP contribution in [-0.2, 0) is 16.0 Å². The van der Waals surface area contributed by atoms with Gasteiger partial charge in [-0.05, 0) is 17.7 Å². The summed E-state index contributed by atoms with van der Waals surface area (Å²) < 4.78 is 4.95. The van der Waals surface area contributed by atoms with Crippen molar-refractivity contribution in [1.29, 1.82) is 0 Å². The van der Waals surface area contributed by atoms with Gasteiger partial charge in [-0.3, -0.25) is 4.79 Å². The Labute approximate surface area is 99.1 Å². The van der Waals surface area contributed by atoms with Crippen molar-refractivity contribution in [2.75, 3.05) is 6.61 Å². The molecule has 0 atom stereocenters. The highest BCUT2D eigenvalue weighted by Crippen LogP contribution is 2.22. The van der Waals surface area contributed by atoms with Crippen molar-refractivity contribution < 1.29 is 9.53 Å². The lowest BCUT2D eigenvalue weighted by Crippen LogP contribution is -2.05. The van der Waals surface area contributed by atoms with Gasteiger partial charge in [0.25, 0.3) is 0 Å². The van der Waals surface area contributed by atoms with Crippen LogP contribution in [0.5, 0.6) is 0 Å². The third kappa shape index (κ3) is 4.10. The monoisotopic (exact) mass is 246 g/mol. The van der Waals surface area contributed by atoms with Crippen LogP contribution in [0.2, 0.25) is 10.0 Å². The molecular weight excluding hydrogens is 235 g/mol. The largest absolute Gasteiger partial charge is 0.465 e. The van der Waals surface area contributed by atoms with E-state index in [1.807, 2.05) is 6.07 Å². The number of rotatable bonds is 4. The molecule has 1 aromatic carbocycles. The predicted molar refractivity (Wildman–Crippen MR) is 61.4 cm³/mol. The van der Waals surface area contributed by atoms with Crippen molar-refractivity contribution in [3.05, 3.63) is 33.8 Å². The van der Waals surface area contributed by atoms with Crippen LogP contribution in [0.15, 0.2) is 18.2 Å². The molecule has 15 heavy (non-hydrogen) atoms. The molecule has 0 aliphatic heterocycles. The Morgan fingerprint density at radius 1 is 1.33 bits per heavy atom. The van der Waals surface area contributed by atoms with Crippen molar-refractivity contribution in [1.82, 2.24) is 0 Å². The number of hydrogen-bond donors (Lipinski definition) is 0. The summed E-state index contributed by atoms with van der Waals surface area (Å²) in [4.78, 5) is 10.9. The zero-order valence-corrected chi connectivity index (χ0v) is 9.94. The molecule has 0 heterocycles. The number of benzene rings is 1. The first kappa shape index (κ1) is 12.3. The first-order chi connectivity index (χ1) is 7.13. The van der Waals surface area contributed by atoms with E-state index in [1.54, 1.807) is 19.1 Å². The summed E-state index contributed by atoms with van der Waals surface area (Å²) >= 11 is 11.6. The summed E-state index contributed by atoms with van der Waals surface area (Å²) in [5, 5.41) is 1.06. The molecule has 82 valence electrons. The molecule has 1 rings (SSSR count). The van der Waals surface area contributed by atoms with E-state index in [0.717, 1.165) is 5.56 Å². The van der Waals surface area contributed by atoms with Crippen molar-refractivity contribution >= 4 is 29.2 Å². The smallest absolute Gasteiger partial charge is 0.305 e. The van der Waals surface area contributed by atoms with Crippen LogP contribution in [0.3, 0.4) is 0 Å². The minimum absolute atomic E-state index is 0.185. The molecule has 0 fully saturated rings. The Hall–Kier alpha value is -0.730. The van der Waals surface area contributed by atoms with Crippen LogP contribution in [0, 0.1) is 0 Å². The van der Waals surface area contributed by atoms with Gasteiger partial charge in [0, 0.05) is 12.8 Å². The molecule has 0 saturated heterocycles. The quantitative estimate of drug-likeness (QED) is 0.761. The van der Waals surface area contributed by atoms with Gasteiger partial charge in [0.2, 0.25) is 0 Å². The van der Waals surface area contributed by atoms with Crippen molar-refractivity contribution in [2.45, 2.75) is 19.8 Å². The summed E-state index contributed by atoms with van der Waals surface area (Å²) in [6.45, 7) is 2.14. The minimum atomic E-state index is -0.185. The number of halogens is 2. The van der Waals surface area contributed by atoms with Gasteiger partial charge < -0.3 is 4.74 Å². The van der Waals surface area contributed by atoms with Gasteiger partial charge in [-0.2, -0.15) is 0 Å². The summed E-state index contributed by atoms with van der Waals surface area (Å²) in [7, 11) is 0. The molecule has 2 nitrogen and oxygen atoms in total. The molecule has 0 radical (unpaired) electrons. The molecular formula is C11H12Cl2O2. The minimum Gasteiger partial charge on any atom is -0.465 e. The molecule has 0 aliphatic rings. The normalized spacial score (nSPS) is 10.1. The Bertz CT molecular complexity index is 350. The summed E-state index contributed by atoms with van der Waals surface area (Å²) in [5.74, 6) is -0.185. The molecule has 0 bridgehead atoms. The number of esters is 1. The van der Waals surface area contributed by atoms with Gasteiger partial charge in [-0.1, -0.05) is 36.2 Å². The van der Waals surface area contributed by atoms with E-state index in [1.165, 1.54) is 0 Å². The maximum atomic E-state index is 10.9. The molecule has 0 saturated carbocycles. The van der Waals surface area contributed by atoms with E-state index in [-0.39, 0.29) is 5.97 Å². The Balaban J connectivity index is 2.44. The van der Waals surface area contributed by atoms with Gasteiger partial charge in [-0.25, -0.2) is 0 Å². The third-order valence-electron chi connectivity index (χ3n) is 1.93. The highest BCUT2D eigenvalue weighted by atomic mass is 35.5.